The largest absolute Gasteiger partial charge is 0.495 e. The Morgan fingerprint density at radius 3 is 2.39 bits per heavy atom. The molecule has 7 heteroatoms. The molecule has 4 aromatic rings. The molecule has 6 nitrogen and oxygen atoms in total. The number of benzene rings is 3. The number of amides is 1. The molecule has 1 amide bonds. The van der Waals surface area contributed by atoms with Crippen LogP contribution in [0.25, 0.3) is 16.6 Å². The summed E-state index contributed by atoms with van der Waals surface area (Å²) in [5.74, 6) is 0.626. The number of ether oxygens (including phenoxy) is 1. The fourth-order valence-electron chi connectivity index (χ4n) is 3.75. The molecule has 168 valence electrons. The van der Waals surface area contributed by atoms with Crippen molar-refractivity contribution >= 4 is 34.3 Å². The van der Waals surface area contributed by atoms with Crippen LogP contribution in [0.1, 0.15) is 13.8 Å². The van der Waals surface area contributed by atoms with Crippen molar-refractivity contribution in [3.05, 3.63) is 89.2 Å². The number of nitrogens with zero attached hydrogens (tertiary/aromatic N) is 3. The van der Waals surface area contributed by atoms with Crippen LogP contribution >= 0.6 is 11.8 Å². The standard InChI is InChI=1S/C26H25N3O3S/c1-18(2)28(19-11-5-4-6-12-19)24(30)17-33-26-27-21-14-8-7-13-20(21)25(31)29(26)22-15-9-10-16-23(22)32-3/h4-16,18H,17H2,1-3H3. The normalized spacial score (nSPS) is 11.0. The third-order valence-electron chi connectivity index (χ3n) is 5.22. The number of hydrogen-bond acceptors (Lipinski definition) is 5. The molecule has 0 unspecified atom stereocenters. The number of aromatic nitrogens is 2. The van der Waals surface area contributed by atoms with Gasteiger partial charge in [-0.2, -0.15) is 0 Å². The first-order valence-corrected chi connectivity index (χ1v) is 11.6. The topological polar surface area (TPSA) is 64.4 Å². The van der Waals surface area contributed by atoms with Crippen molar-refractivity contribution in [2.75, 3.05) is 17.8 Å². The van der Waals surface area contributed by atoms with Crippen molar-refractivity contribution in [2.45, 2.75) is 25.0 Å². The number of para-hydroxylation sites is 4. The van der Waals surface area contributed by atoms with Crippen LogP contribution in [0.15, 0.2) is 88.8 Å². The molecule has 0 saturated carbocycles. The predicted molar refractivity (Wildman–Crippen MR) is 134 cm³/mol. The quantitative estimate of drug-likeness (QED) is 0.290. The van der Waals surface area contributed by atoms with E-state index in [0.717, 1.165) is 5.69 Å². The molecule has 0 fully saturated rings. The number of rotatable bonds is 7. The molecule has 0 spiro atoms. The van der Waals surface area contributed by atoms with Crippen LogP contribution in [0.2, 0.25) is 0 Å². The Labute approximate surface area is 196 Å². The summed E-state index contributed by atoms with van der Waals surface area (Å²) >= 11 is 1.24. The van der Waals surface area contributed by atoms with E-state index in [2.05, 4.69) is 0 Å². The fourth-order valence-corrected chi connectivity index (χ4v) is 4.62. The summed E-state index contributed by atoms with van der Waals surface area (Å²) in [6.07, 6.45) is 0. The molecule has 1 aromatic heterocycles. The van der Waals surface area contributed by atoms with Crippen LogP contribution in [0.4, 0.5) is 5.69 Å². The second-order valence-electron chi connectivity index (χ2n) is 7.71. The Balaban J connectivity index is 1.76. The smallest absolute Gasteiger partial charge is 0.266 e. The van der Waals surface area contributed by atoms with E-state index >= 15 is 0 Å². The summed E-state index contributed by atoms with van der Waals surface area (Å²) in [6.45, 7) is 3.96. The Morgan fingerprint density at radius 2 is 1.67 bits per heavy atom. The number of carbonyl (C=O) groups excluding carboxylic acids is 1. The van der Waals surface area contributed by atoms with Gasteiger partial charge in [-0.15, -0.1) is 0 Å². The molecule has 0 aliphatic heterocycles. The van der Waals surface area contributed by atoms with Gasteiger partial charge in [0.05, 0.1) is 29.5 Å². The number of thioether (sulfide) groups is 1. The second-order valence-corrected chi connectivity index (χ2v) is 8.65. The SMILES string of the molecule is COc1ccccc1-n1c(SCC(=O)N(c2ccccc2)C(C)C)nc2ccccc2c1=O. The Bertz CT molecular complexity index is 1340. The predicted octanol–water partition coefficient (Wildman–Crippen LogP) is 4.93. The van der Waals surface area contributed by atoms with Gasteiger partial charge in [-0.1, -0.05) is 54.2 Å². The first-order valence-electron chi connectivity index (χ1n) is 10.7. The zero-order valence-electron chi connectivity index (χ0n) is 18.8. The molecule has 33 heavy (non-hydrogen) atoms. The highest BCUT2D eigenvalue weighted by Crippen LogP contribution is 2.28. The van der Waals surface area contributed by atoms with Crippen molar-refractivity contribution in [3.8, 4) is 11.4 Å². The number of carbonyl (C=O) groups is 1. The lowest BCUT2D eigenvalue weighted by Gasteiger charge is -2.27. The summed E-state index contributed by atoms with van der Waals surface area (Å²) < 4.78 is 7.03. The summed E-state index contributed by atoms with van der Waals surface area (Å²) in [5, 5.41) is 0.945. The molecule has 0 aliphatic carbocycles. The lowest BCUT2D eigenvalue weighted by atomic mass is 10.2. The van der Waals surface area contributed by atoms with Gasteiger partial charge in [0.15, 0.2) is 5.16 Å². The third-order valence-corrected chi connectivity index (χ3v) is 6.14. The van der Waals surface area contributed by atoms with Crippen LogP contribution in [0.3, 0.4) is 0 Å². The highest BCUT2D eigenvalue weighted by atomic mass is 32.2. The molecule has 0 saturated heterocycles. The highest BCUT2D eigenvalue weighted by molar-refractivity contribution is 7.99. The lowest BCUT2D eigenvalue weighted by Crippen LogP contribution is -2.38. The minimum absolute atomic E-state index is 0.0125. The minimum atomic E-state index is -0.205. The molecular formula is C26H25N3O3S. The van der Waals surface area contributed by atoms with Crippen molar-refractivity contribution in [1.82, 2.24) is 9.55 Å². The number of anilines is 1. The third kappa shape index (κ3) is 4.64. The van der Waals surface area contributed by atoms with Crippen molar-refractivity contribution in [2.24, 2.45) is 0 Å². The summed E-state index contributed by atoms with van der Waals surface area (Å²) in [7, 11) is 1.56. The van der Waals surface area contributed by atoms with Gasteiger partial charge in [0.25, 0.3) is 5.56 Å². The van der Waals surface area contributed by atoms with E-state index in [1.807, 2.05) is 74.5 Å². The molecule has 0 radical (unpaired) electrons. The van der Waals surface area contributed by atoms with Gasteiger partial charge in [-0.05, 0) is 50.2 Å². The maximum absolute atomic E-state index is 13.5. The van der Waals surface area contributed by atoms with E-state index < -0.39 is 0 Å². The highest BCUT2D eigenvalue weighted by Gasteiger charge is 2.22. The summed E-state index contributed by atoms with van der Waals surface area (Å²) in [5.41, 5.74) is 1.81. The van der Waals surface area contributed by atoms with Crippen LogP contribution in [0, 0.1) is 0 Å². The molecule has 1 heterocycles. The average Bonchev–Trinajstić information content (AvgIpc) is 2.83. The van der Waals surface area contributed by atoms with Gasteiger partial charge < -0.3 is 9.64 Å². The van der Waals surface area contributed by atoms with Gasteiger partial charge >= 0.3 is 0 Å². The molecule has 0 atom stereocenters. The Morgan fingerprint density at radius 1 is 1.00 bits per heavy atom. The van der Waals surface area contributed by atoms with Crippen molar-refractivity contribution < 1.29 is 9.53 Å². The van der Waals surface area contributed by atoms with E-state index in [-0.39, 0.29) is 23.3 Å². The molecule has 0 aliphatic rings. The molecular weight excluding hydrogens is 434 g/mol. The van der Waals surface area contributed by atoms with Crippen molar-refractivity contribution in [1.29, 1.82) is 0 Å². The van der Waals surface area contributed by atoms with Gasteiger partial charge in [0.2, 0.25) is 5.91 Å². The fraction of sp³-hybridized carbons (Fsp3) is 0.192. The van der Waals surface area contributed by atoms with Crippen LogP contribution in [-0.2, 0) is 4.79 Å². The maximum atomic E-state index is 13.5. The van der Waals surface area contributed by atoms with Crippen LogP contribution in [0.5, 0.6) is 5.75 Å². The van der Waals surface area contributed by atoms with Crippen molar-refractivity contribution in [3.63, 3.8) is 0 Å². The van der Waals surface area contributed by atoms with Gasteiger partial charge in [0.1, 0.15) is 5.75 Å². The lowest BCUT2D eigenvalue weighted by molar-refractivity contribution is -0.116. The van der Waals surface area contributed by atoms with Crippen LogP contribution < -0.4 is 15.2 Å². The monoisotopic (exact) mass is 459 g/mol. The first-order chi connectivity index (χ1) is 16.0. The summed E-state index contributed by atoms with van der Waals surface area (Å²) in [6, 6.07) is 24.1. The maximum Gasteiger partial charge on any atom is 0.266 e. The number of methoxy groups -OCH3 is 1. The van der Waals surface area contributed by atoms with E-state index in [1.165, 1.54) is 16.3 Å². The van der Waals surface area contributed by atoms with E-state index in [0.29, 0.717) is 27.5 Å². The van der Waals surface area contributed by atoms with Gasteiger partial charge in [-0.25, -0.2) is 4.98 Å². The Kier molecular flexibility index (Phi) is 6.79. The Hall–Kier alpha value is -3.58. The van der Waals surface area contributed by atoms with E-state index in [9.17, 15) is 9.59 Å². The number of hydrogen-bond donors (Lipinski definition) is 0. The minimum Gasteiger partial charge on any atom is -0.495 e. The van der Waals surface area contributed by atoms with E-state index in [1.54, 1.807) is 30.2 Å². The molecule has 4 rings (SSSR count). The molecule has 0 N–H and O–H groups in total. The second kappa shape index (κ2) is 9.92. The first kappa shape index (κ1) is 22.6. The average molecular weight is 460 g/mol. The zero-order chi connectivity index (χ0) is 23.4. The molecule has 3 aromatic carbocycles. The van der Waals surface area contributed by atoms with E-state index in [4.69, 9.17) is 9.72 Å². The number of fused-ring (bicyclic) bond motifs is 1. The van der Waals surface area contributed by atoms with Gasteiger partial charge in [-0.3, -0.25) is 14.2 Å². The molecule has 0 bridgehead atoms. The zero-order valence-corrected chi connectivity index (χ0v) is 19.6. The van der Waals surface area contributed by atoms with Gasteiger partial charge in [0, 0.05) is 11.7 Å². The van der Waals surface area contributed by atoms with Crippen LogP contribution in [-0.4, -0.2) is 34.4 Å². The summed E-state index contributed by atoms with van der Waals surface area (Å²) in [4.78, 5) is 33.2.